The number of carbonyl (C=O) groups is 1. The summed E-state index contributed by atoms with van der Waals surface area (Å²) in [5, 5.41) is 2.83. The van der Waals surface area contributed by atoms with Crippen molar-refractivity contribution < 1.29 is 14.3 Å². The van der Waals surface area contributed by atoms with Gasteiger partial charge in [0.2, 0.25) is 0 Å². The Morgan fingerprint density at radius 1 is 1.17 bits per heavy atom. The number of rotatable bonds is 6. The van der Waals surface area contributed by atoms with Crippen LogP contribution in [-0.2, 0) is 16.1 Å². The number of amides is 1. The normalized spacial score (nSPS) is 14.2. The summed E-state index contributed by atoms with van der Waals surface area (Å²) < 4.78 is 10.7. The zero-order valence-corrected chi connectivity index (χ0v) is 13.5. The maximum Gasteiger partial charge on any atom is 0.258 e. The molecule has 0 radical (unpaired) electrons. The molecule has 1 aromatic heterocycles. The van der Waals surface area contributed by atoms with Crippen LogP contribution in [0.4, 0.5) is 5.82 Å². The van der Waals surface area contributed by atoms with E-state index in [0.29, 0.717) is 12.3 Å². The van der Waals surface area contributed by atoms with Crippen molar-refractivity contribution in [3.8, 4) is 5.75 Å². The van der Waals surface area contributed by atoms with E-state index in [1.54, 1.807) is 6.20 Å². The zero-order chi connectivity index (χ0) is 16.6. The molecular weight excluding hydrogens is 306 g/mol. The second kappa shape index (κ2) is 8.31. The first kappa shape index (κ1) is 16.3. The van der Waals surface area contributed by atoms with Gasteiger partial charge in [-0.3, -0.25) is 4.79 Å². The largest absolute Gasteiger partial charge is 0.484 e. The molecule has 2 heterocycles. The van der Waals surface area contributed by atoms with Gasteiger partial charge in [-0.25, -0.2) is 4.98 Å². The third-order valence-corrected chi connectivity index (χ3v) is 3.75. The number of pyridine rings is 1. The maximum absolute atomic E-state index is 11.8. The summed E-state index contributed by atoms with van der Waals surface area (Å²) >= 11 is 0. The molecule has 0 aliphatic carbocycles. The van der Waals surface area contributed by atoms with Crippen molar-refractivity contribution >= 4 is 11.7 Å². The van der Waals surface area contributed by atoms with Crippen molar-refractivity contribution in [1.82, 2.24) is 10.3 Å². The van der Waals surface area contributed by atoms with Crippen LogP contribution >= 0.6 is 0 Å². The Balaban J connectivity index is 1.43. The molecular formula is C18H21N3O3. The molecule has 1 aliphatic heterocycles. The quantitative estimate of drug-likeness (QED) is 0.873. The topological polar surface area (TPSA) is 63.7 Å². The zero-order valence-electron chi connectivity index (χ0n) is 13.5. The molecule has 24 heavy (non-hydrogen) atoms. The minimum absolute atomic E-state index is 0.00328. The summed E-state index contributed by atoms with van der Waals surface area (Å²) in [6.07, 6.45) is 1.79. The number of anilines is 1. The first-order valence-corrected chi connectivity index (χ1v) is 8.03. The molecule has 0 unspecified atom stereocenters. The molecule has 126 valence electrons. The van der Waals surface area contributed by atoms with E-state index in [2.05, 4.69) is 15.2 Å². The van der Waals surface area contributed by atoms with Gasteiger partial charge in [-0.15, -0.1) is 0 Å². The molecule has 1 aromatic carbocycles. The fourth-order valence-electron chi connectivity index (χ4n) is 2.42. The average molecular weight is 327 g/mol. The monoisotopic (exact) mass is 327 g/mol. The molecule has 3 rings (SSSR count). The molecule has 1 amide bonds. The fourth-order valence-corrected chi connectivity index (χ4v) is 2.42. The summed E-state index contributed by atoms with van der Waals surface area (Å²) in [6.45, 7) is 3.64. The molecule has 0 spiro atoms. The lowest BCUT2D eigenvalue weighted by molar-refractivity contribution is -0.123. The second-order valence-corrected chi connectivity index (χ2v) is 5.50. The van der Waals surface area contributed by atoms with E-state index in [4.69, 9.17) is 9.47 Å². The lowest BCUT2D eigenvalue weighted by Crippen LogP contribution is -2.36. The summed E-state index contributed by atoms with van der Waals surface area (Å²) in [4.78, 5) is 18.5. The average Bonchev–Trinajstić information content (AvgIpc) is 2.67. The molecule has 2 aromatic rings. The first-order chi connectivity index (χ1) is 11.8. The fraction of sp³-hybridized carbons (Fsp3) is 0.333. The van der Waals surface area contributed by atoms with E-state index < -0.39 is 0 Å². The van der Waals surface area contributed by atoms with Crippen molar-refractivity contribution in [3.05, 3.63) is 54.2 Å². The lowest BCUT2D eigenvalue weighted by Gasteiger charge is -2.27. The van der Waals surface area contributed by atoms with Crippen LogP contribution in [0.5, 0.6) is 5.75 Å². The highest BCUT2D eigenvalue weighted by Gasteiger charge is 2.12. The summed E-state index contributed by atoms with van der Waals surface area (Å²) in [5.74, 6) is 1.47. The van der Waals surface area contributed by atoms with E-state index in [-0.39, 0.29) is 12.5 Å². The van der Waals surface area contributed by atoms with E-state index in [1.807, 2.05) is 42.5 Å². The minimum Gasteiger partial charge on any atom is -0.484 e. The van der Waals surface area contributed by atoms with Gasteiger partial charge in [-0.2, -0.15) is 0 Å². The summed E-state index contributed by atoms with van der Waals surface area (Å²) in [5.41, 5.74) is 0.958. The van der Waals surface area contributed by atoms with Crippen molar-refractivity contribution in [2.24, 2.45) is 0 Å². The molecule has 1 N–H and O–H groups in total. The Kier molecular flexibility index (Phi) is 5.63. The Hall–Kier alpha value is -2.60. The van der Waals surface area contributed by atoms with Crippen molar-refractivity contribution in [1.29, 1.82) is 0 Å². The van der Waals surface area contributed by atoms with Gasteiger partial charge in [0, 0.05) is 25.8 Å². The third kappa shape index (κ3) is 4.70. The lowest BCUT2D eigenvalue weighted by atomic mass is 10.2. The third-order valence-electron chi connectivity index (χ3n) is 3.75. The number of benzene rings is 1. The van der Waals surface area contributed by atoms with Crippen LogP contribution in [0.15, 0.2) is 48.7 Å². The van der Waals surface area contributed by atoms with Gasteiger partial charge in [0.05, 0.1) is 13.2 Å². The molecule has 0 atom stereocenters. The van der Waals surface area contributed by atoms with Crippen LogP contribution in [0, 0.1) is 0 Å². The Bertz CT molecular complexity index is 640. The van der Waals surface area contributed by atoms with Gasteiger partial charge >= 0.3 is 0 Å². The predicted molar refractivity (Wildman–Crippen MR) is 91.1 cm³/mol. The number of hydrogen-bond acceptors (Lipinski definition) is 5. The summed E-state index contributed by atoms with van der Waals surface area (Å²) in [6, 6.07) is 13.2. The predicted octanol–water partition coefficient (Wildman–Crippen LogP) is 1.61. The highest BCUT2D eigenvalue weighted by atomic mass is 16.5. The molecule has 6 heteroatoms. The van der Waals surface area contributed by atoms with Gasteiger partial charge in [-0.1, -0.05) is 24.3 Å². The van der Waals surface area contributed by atoms with Crippen LogP contribution in [0.1, 0.15) is 5.56 Å². The maximum atomic E-state index is 11.8. The first-order valence-electron chi connectivity index (χ1n) is 8.03. The van der Waals surface area contributed by atoms with Gasteiger partial charge in [0.15, 0.2) is 6.61 Å². The van der Waals surface area contributed by atoms with E-state index >= 15 is 0 Å². The van der Waals surface area contributed by atoms with Crippen molar-refractivity contribution in [2.45, 2.75) is 6.54 Å². The number of nitrogens with one attached hydrogen (secondary N) is 1. The van der Waals surface area contributed by atoms with Gasteiger partial charge in [0.1, 0.15) is 11.6 Å². The van der Waals surface area contributed by atoms with Crippen LogP contribution in [0.25, 0.3) is 0 Å². The van der Waals surface area contributed by atoms with E-state index in [1.165, 1.54) is 0 Å². The number of nitrogens with zero attached hydrogens (tertiary/aromatic N) is 2. The smallest absolute Gasteiger partial charge is 0.258 e. The summed E-state index contributed by atoms with van der Waals surface area (Å²) in [7, 11) is 0. The second-order valence-electron chi connectivity index (χ2n) is 5.50. The highest BCUT2D eigenvalue weighted by molar-refractivity contribution is 5.77. The van der Waals surface area contributed by atoms with Crippen LogP contribution in [0.3, 0.4) is 0 Å². The number of hydrogen-bond donors (Lipinski definition) is 1. The SMILES string of the molecule is O=C(COc1ccccc1)NCc1ccc(N2CCOCC2)nc1. The molecule has 0 saturated carbocycles. The number of aromatic nitrogens is 1. The molecule has 0 bridgehead atoms. The van der Waals surface area contributed by atoms with E-state index in [0.717, 1.165) is 37.7 Å². The van der Waals surface area contributed by atoms with E-state index in [9.17, 15) is 4.79 Å². The number of para-hydroxylation sites is 1. The van der Waals surface area contributed by atoms with Crippen LogP contribution in [0.2, 0.25) is 0 Å². The van der Waals surface area contributed by atoms with Crippen LogP contribution in [-0.4, -0.2) is 43.8 Å². The number of ether oxygens (including phenoxy) is 2. The number of carbonyl (C=O) groups excluding carboxylic acids is 1. The standard InChI is InChI=1S/C18H21N3O3/c22-18(14-24-16-4-2-1-3-5-16)20-13-15-6-7-17(19-12-15)21-8-10-23-11-9-21/h1-7,12H,8-11,13-14H2,(H,20,22). The Morgan fingerprint density at radius 2 is 1.96 bits per heavy atom. The van der Waals surface area contributed by atoms with Crippen LogP contribution < -0.4 is 15.0 Å². The van der Waals surface area contributed by atoms with Crippen molar-refractivity contribution in [2.75, 3.05) is 37.8 Å². The Morgan fingerprint density at radius 3 is 2.67 bits per heavy atom. The molecule has 1 aliphatic rings. The van der Waals surface area contributed by atoms with Gasteiger partial charge < -0.3 is 19.7 Å². The molecule has 1 saturated heterocycles. The van der Waals surface area contributed by atoms with Gasteiger partial charge in [-0.05, 0) is 23.8 Å². The molecule has 6 nitrogen and oxygen atoms in total. The minimum atomic E-state index is -0.156. The van der Waals surface area contributed by atoms with Crippen molar-refractivity contribution in [3.63, 3.8) is 0 Å². The van der Waals surface area contributed by atoms with Gasteiger partial charge in [0.25, 0.3) is 5.91 Å². The Labute approximate surface area is 141 Å². The molecule has 1 fully saturated rings. The highest BCUT2D eigenvalue weighted by Crippen LogP contribution is 2.13. The number of morpholine rings is 1.